The Balaban J connectivity index is 1.62. The number of rotatable bonds is 8. The van der Waals surface area contributed by atoms with E-state index in [0.717, 1.165) is 21.3 Å². The lowest BCUT2D eigenvalue weighted by molar-refractivity contribution is -0.143. The Morgan fingerprint density at radius 2 is 1.66 bits per heavy atom. The lowest BCUT2D eigenvalue weighted by Crippen LogP contribution is -2.23. The summed E-state index contributed by atoms with van der Waals surface area (Å²) in [6, 6.07) is 15.9. The zero-order valence-electron chi connectivity index (χ0n) is 21.3. The molecule has 4 aromatic rings. The van der Waals surface area contributed by atoms with Gasteiger partial charge in [0.1, 0.15) is 12.3 Å². The zero-order valence-corrected chi connectivity index (χ0v) is 23.0. The van der Waals surface area contributed by atoms with E-state index in [1.54, 1.807) is 23.6 Å². The Morgan fingerprint density at radius 3 is 2.29 bits per heavy atom. The Kier molecular flexibility index (Phi) is 7.98. The number of aromatic nitrogens is 1. The lowest BCUT2D eigenvalue weighted by atomic mass is 10.1. The number of fused-ring (bicyclic) bond motifs is 1. The average molecular weight is 554 g/mol. The molecule has 38 heavy (non-hydrogen) atoms. The van der Waals surface area contributed by atoms with Gasteiger partial charge >= 0.3 is 5.97 Å². The van der Waals surface area contributed by atoms with Crippen LogP contribution in [0.25, 0.3) is 10.2 Å². The van der Waals surface area contributed by atoms with Gasteiger partial charge < -0.3 is 14.0 Å². The first kappa shape index (κ1) is 27.1. The number of aryl methyl sites for hydroxylation is 2. The summed E-state index contributed by atoms with van der Waals surface area (Å²) in [6.07, 6.45) is 0. The van der Waals surface area contributed by atoms with Crippen molar-refractivity contribution in [1.29, 1.82) is 0 Å². The van der Waals surface area contributed by atoms with Crippen LogP contribution in [0.2, 0.25) is 0 Å². The minimum absolute atomic E-state index is 0.0749. The van der Waals surface area contributed by atoms with Crippen molar-refractivity contribution in [2.75, 3.05) is 18.4 Å². The first-order valence-corrected chi connectivity index (χ1v) is 14.0. The van der Waals surface area contributed by atoms with Gasteiger partial charge in [-0.3, -0.25) is 14.3 Å². The number of nitrogens with one attached hydrogen (secondary N) is 1. The van der Waals surface area contributed by atoms with Crippen molar-refractivity contribution in [2.24, 2.45) is 4.99 Å². The van der Waals surface area contributed by atoms with Crippen LogP contribution in [0.15, 0.2) is 70.6 Å². The molecule has 0 aliphatic heterocycles. The second kappa shape index (κ2) is 11.2. The lowest BCUT2D eigenvalue weighted by Gasteiger charge is -2.09. The molecule has 198 valence electrons. The molecule has 3 aromatic carbocycles. The van der Waals surface area contributed by atoms with Crippen LogP contribution in [0, 0.1) is 13.8 Å². The summed E-state index contributed by atoms with van der Waals surface area (Å²) in [7, 11) is -2.32. The first-order valence-electron chi connectivity index (χ1n) is 11.7. The number of nitrogens with zero attached hydrogens (tertiary/aromatic N) is 2. The summed E-state index contributed by atoms with van der Waals surface area (Å²) in [4.78, 5) is 30.0. The molecule has 0 saturated carbocycles. The number of hydrogen-bond acceptors (Lipinski definition) is 7. The molecular weight excluding hydrogens is 526 g/mol. The van der Waals surface area contributed by atoms with E-state index < -0.39 is 21.9 Å². The Morgan fingerprint density at radius 1 is 1.00 bits per heavy atom. The molecule has 1 aromatic heterocycles. The standard InChI is InChI=1S/C27H27N3O6S2/c1-5-36-25(31)16-30-23-14-17(2)18(3)15-24(23)37-27(30)28-26(32)19-6-8-20(9-7-19)29-38(33,34)22-12-10-21(35-4)11-13-22/h6-15,29H,5,16H2,1-4H3. The number of carbonyl (C=O) groups is 2. The van der Waals surface area contributed by atoms with Crippen LogP contribution < -0.4 is 14.3 Å². The Hall–Kier alpha value is -3.96. The molecule has 9 nitrogen and oxygen atoms in total. The minimum atomic E-state index is -3.82. The van der Waals surface area contributed by atoms with E-state index in [0.29, 0.717) is 16.2 Å². The van der Waals surface area contributed by atoms with E-state index >= 15 is 0 Å². The fourth-order valence-electron chi connectivity index (χ4n) is 3.70. The maximum Gasteiger partial charge on any atom is 0.326 e. The highest BCUT2D eigenvalue weighted by Crippen LogP contribution is 2.23. The second-order valence-corrected chi connectivity index (χ2v) is 11.1. The number of methoxy groups -OCH3 is 1. The van der Waals surface area contributed by atoms with Crippen LogP contribution in [0.4, 0.5) is 5.69 Å². The number of sulfonamides is 1. The highest BCUT2D eigenvalue weighted by Gasteiger charge is 2.16. The smallest absolute Gasteiger partial charge is 0.326 e. The zero-order chi connectivity index (χ0) is 27.4. The molecule has 4 rings (SSSR count). The van der Waals surface area contributed by atoms with Crippen molar-refractivity contribution < 1.29 is 27.5 Å². The molecule has 11 heteroatoms. The van der Waals surface area contributed by atoms with Gasteiger partial charge in [-0.2, -0.15) is 4.99 Å². The summed E-state index contributed by atoms with van der Waals surface area (Å²) >= 11 is 1.31. The molecule has 0 fully saturated rings. The molecule has 0 radical (unpaired) electrons. The molecule has 1 amide bonds. The van der Waals surface area contributed by atoms with Crippen LogP contribution in [0.3, 0.4) is 0 Å². The SMILES string of the molecule is CCOC(=O)Cn1c(=NC(=O)c2ccc(NS(=O)(=O)c3ccc(OC)cc3)cc2)sc2cc(C)c(C)cc21. The molecule has 0 saturated heterocycles. The van der Waals surface area contributed by atoms with Crippen LogP contribution in [0.1, 0.15) is 28.4 Å². The number of esters is 1. The third kappa shape index (κ3) is 5.95. The van der Waals surface area contributed by atoms with Crippen molar-refractivity contribution in [3.8, 4) is 5.75 Å². The van der Waals surface area contributed by atoms with E-state index in [-0.39, 0.29) is 23.6 Å². The van der Waals surface area contributed by atoms with Gasteiger partial charge in [0.15, 0.2) is 4.80 Å². The fourth-order valence-corrected chi connectivity index (χ4v) is 5.86. The average Bonchev–Trinajstić information content (AvgIpc) is 3.19. The number of ether oxygens (including phenoxy) is 2. The molecule has 0 aliphatic rings. The van der Waals surface area contributed by atoms with Crippen LogP contribution in [0.5, 0.6) is 5.75 Å². The monoisotopic (exact) mass is 553 g/mol. The molecule has 0 spiro atoms. The summed E-state index contributed by atoms with van der Waals surface area (Å²) in [5.74, 6) is -0.400. The van der Waals surface area contributed by atoms with Crippen molar-refractivity contribution >= 4 is 49.1 Å². The van der Waals surface area contributed by atoms with E-state index in [1.165, 1.54) is 54.8 Å². The molecule has 0 aliphatic carbocycles. The van der Waals surface area contributed by atoms with Gasteiger partial charge in [0.25, 0.3) is 15.9 Å². The predicted octanol–water partition coefficient (Wildman–Crippen LogP) is 4.43. The third-order valence-corrected chi connectivity index (χ3v) is 8.28. The van der Waals surface area contributed by atoms with Gasteiger partial charge in [0.05, 0.1) is 28.8 Å². The van der Waals surface area contributed by atoms with Crippen molar-refractivity contribution in [2.45, 2.75) is 32.2 Å². The maximum atomic E-state index is 13.0. The molecule has 1 N–H and O–H groups in total. The van der Waals surface area contributed by atoms with Crippen LogP contribution >= 0.6 is 11.3 Å². The van der Waals surface area contributed by atoms with Gasteiger partial charge in [0.2, 0.25) is 0 Å². The topological polar surface area (TPSA) is 116 Å². The number of hydrogen-bond donors (Lipinski definition) is 1. The van der Waals surface area contributed by atoms with E-state index in [2.05, 4.69) is 9.71 Å². The predicted molar refractivity (Wildman–Crippen MR) is 146 cm³/mol. The molecule has 0 atom stereocenters. The first-order chi connectivity index (χ1) is 18.1. The van der Waals surface area contributed by atoms with E-state index in [4.69, 9.17) is 9.47 Å². The van der Waals surface area contributed by atoms with Crippen molar-refractivity contribution in [3.05, 3.63) is 82.2 Å². The highest BCUT2D eigenvalue weighted by atomic mass is 32.2. The van der Waals surface area contributed by atoms with E-state index in [9.17, 15) is 18.0 Å². The molecule has 1 heterocycles. The minimum Gasteiger partial charge on any atom is -0.497 e. The van der Waals surface area contributed by atoms with Crippen molar-refractivity contribution in [1.82, 2.24) is 4.57 Å². The largest absolute Gasteiger partial charge is 0.497 e. The van der Waals surface area contributed by atoms with Crippen molar-refractivity contribution in [3.63, 3.8) is 0 Å². The summed E-state index contributed by atoms with van der Waals surface area (Å²) in [5.41, 5.74) is 3.50. The Labute approximate surface area is 224 Å². The fraction of sp³-hybridized carbons (Fsp3) is 0.222. The maximum absolute atomic E-state index is 13.0. The number of anilines is 1. The van der Waals surface area contributed by atoms with Gasteiger partial charge in [-0.15, -0.1) is 0 Å². The third-order valence-electron chi connectivity index (χ3n) is 5.84. The Bertz CT molecular complexity index is 1670. The van der Waals surface area contributed by atoms with Gasteiger partial charge in [-0.05, 0) is 92.6 Å². The van der Waals surface area contributed by atoms with E-state index in [1.807, 2.05) is 26.0 Å². The second-order valence-electron chi connectivity index (χ2n) is 8.46. The van der Waals surface area contributed by atoms with Gasteiger partial charge in [0, 0.05) is 11.3 Å². The molecule has 0 unspecified atom stereocenters. The summed E-state index contributed by atoms with van der Waals surface area (Å²) in [6.45, 7) is 5.88. The normalized spacial score (nSPS) is 11.9. The highest BCUT2D eigenvalue weighted by molar-refractivity contribution is 7.92. The van der Waals surface area contributed by atoms with Gasteiger partial charge in [-0.1, -0.05) is 11.3 Å². The molecular formula is C27H27N3O6S2. The summed E-state index contributed by atoms with van der Waals surface area (Å²) < 4.78 is 40.6. The summed E-state index contributed by atoms with van der Waals surface area (Å²) in [5, 5.41) is 0. The number of thiazole rings is 1. The number of benzene rings is 3. The van der Waals surface area contributed by atoms with Crippen LogP contribution in [-0.4, -0.2) is 38.6 Å². The quantitative estimate of drug-likeness (QED) is 0.323. The number of amides is 1. The van der Waals surface area contributed by atoms with Gasteiger partial charge in [-0.25, -0.2) is 8.42 Å². The number of carbonyl (C=O) groups excluding carboxylic acids is 2. The van der Waals surface area contributed by atoms with Crippen LogP contribution in [-0.2, 0) is 26.1 Å². The molecule has 0 bridgehead atoms.